The SMILES string of the molecule is CCON=C=CC(=O)OCC.Cl. The van der Waals surface area contributed by atoms with Crippen LogP contribution < -0.4 is 0 Å². The standard InChI is InChI=1S/C7H11NO3.ClH/c1-3-10-7(9)5-6-8-11-4-2;/h5H,3-4H2,1-2H3;1H. The molecule has 0 amide bonds. The van der Waals surface area contributed by atoms with E-state index in [1.54, 1.807) is 13.8 Å². The normalized spacial score (nSPS) is 7.17. The Balaban J connectivity index is 0. The van der Waals surface area contributed by atoms with E-state index in [4.69, 9.17) is 0 Å². The summed E-state index contributed by atoms with van der Waals surface area (Å²) >= 11 is 0. The van der Waals surface area contributed by atoms with E-state index in [1.807, 2.05) is 0 Å². The Morgan fingerprint density at radius 2 is 2.17 bits per heavy atom. The molecule has 0 aromatic rings. The highest BCUT2D eigenvalue weighted by Gasteiger charge is 1.90. The molecule has 5 heteroatoms. The van der Waals surface area contributed by atoms with Crippen molar-refractivity contribution in [2.24, 2.45) is 5.16 Å². The summed E-state index contributed by atoms with van der Waals surface area (Å²) < 4.78 is 4.55. The zero-order chi connectivity index (χ0) is 8.53. The first kappa shape index (κ1) is 13.6. The Labute approximate surface area is 77.6 Å². The van der Waals surface area contributed by atoms with Crippen LogP contribution in [0.25, 0.3) is 0 Å². The molecule has 0 saturated carbocycles. The molecule has 12 heavy (non-hydrogen) atoms. The molecule has 70 valence electrons. The first-order chi connectivity index (χ1) is 5.31. The minimum absolute atomic E-state index is 0. The van der Waals surface area contributed by atoms with E-state index in [2.05, 4.69) is 20.6 Å². The predicted molar refractivity (Wildman–Crippen MR) is 47.5 cm³/mol. The Morgan fingerprint density at radius 1 is 1.50 bits per heavy atom. The van der Waals surface area contributed by atoms with Crippen LogP contribution in [0.15, 0.2) is 11.2 Å². The van der Waals surface area contributed by atoms with Crippen molar-refractivity contribution in [3.05, 3.63) is 6.08 Å². The third-order valence-corrected chi connectivity index (χ3v) is 0.715. The molecule has 0 heterocycles. The second-order valence-electron chi connectivity index (χ2n) is 1.53. The average molecular weight is 194 g/mol. The van der Waals surface area contributed by atoms with Crippen molar-refractivity contribution in [1.29, 1.82) is 0 Å². The van der Waals surface area contributed by atoms with Crippen molar-refractivity contribution >= 4 is 24.2 Å². The molecule has 0 saturated heterocycles. The summed E-state index contributed by atoms with van der Waals surface area (Å²) in [5, 5.41) is 3.31. The number of carbonyl (C=O) groups is 1. The maximum Gasteiger partial charge on any atom is 0.340 e. The van der Waals surface area contributed by atoms with Crippen molar-refractivity contribution in [3.8, 4) is 0 Å². The molecule has 0 radical (unpaired) electrons. The molecular weight excluding hydrogens is 182 g/mol. The zero-order valence-corrected chi connectivity index (χ0v) is 7.89. The monoisotopic (exact) mass is 193 g/mol. The fourth-order valence-corrected chi connectivity index (χ4v) is 0.365. The summed E-state index contributed by atoms with van der Waals surface area (Å²) in [6, 6.07) is 0. The van der Waals surface area contributed by atoms with Gasteiger partial charge in [0.2, 0.25) is 0 Å². The number of hydrogen-bond acceptors (Lipinski definition) is 4. The molecule has 0 aromatic carbocycles. The van der Waals surface area contributed by atoms with Gasteiger partial charge in [-0.15, -0.1) is 12.4 Å². The molecule has 0 atom stereocenters. The third-order valence-electron chi connectivity index (χ3n) is 0.715. The fourth-order valence-electron chi connectivity index (χ4n) is 0.365. The number of halogens is 1. The maximum absolute atomic E-state index is 10.6. The molecule has 0 aromatic heterocycles. The highest BCUT2D eigenvalue weighted by atomic mass is 35.5. The summed E-state index contributed by atoms with van der Waals surface area (Å²) in [6.45, 7) is 4.33. The fraction of sp³-hybridized carbons (Fsp3) is 0.571. The molecule has 0 fully saturated rings. The Morgan fingerprint density at radius 3 is 2.67 bits per heavy atom. The Hall–Kier alpha value is -0.990. The number of hydrogen-bond donors (Lipinski definition) is 0. The van der Waals surface area contributed by atoms with Crippen LogP contribution in [-0.4, -0.2) is 25.1 Å². The van der Waals surface area contributed by atoms with Gasteiger partial charge in [0.1, 0.15) is 6.61 Å². The Kier molecular flexibility index (Phi) is 11.3. The summed E-state index contributed by atoms with van der Waals surface area (Å²) in [7, 11) is 0. The van der Waals surface area contributed by atoms with Gasteiger partial charge in [-0.2, -0.15) is 0 Å². The van der Waals surface area contributed by atoms with Gasteiger partial charge in [-0.1, -0.05) is 0 Å². The summed E-state index contributed by atoms with van der Waals surface area (Å²) in [5.41, 5.74) is 0. The van der Waals surface area contributed by atoms with Gasteiger partial charge >= 0.3 is 5.97 Å². The van der Waals surface area contributed by atoms with Crippen molar-refractivity contribution in [2.75, 3.05) is 13.2 Å². The van der Waals surface area contributed by atoms with Crippen molar-refractivity contribution in [2.45, 2.75) is 13.8 Å². The molecule has 0 rings (SSSR count). The second kappa shape index (κ2) is 10.0. The van der Waals surface area contributed by atoms with Gasteiger partial charge in [0, 0.05) is 5.87 Å². The lowest BCUT2D eigenvalue weighted by Gasteiger charge is -1.91. The molecule has 0 unspecified atom stereocenters. The van der Waals surface area contributed by atoms with Gasteiger partial charge < -0.3 is 9.57 Å². The molecule has 0 bridgehead atoms. The van der Waals surface area contributed by atoms with E-state index in [1.165, 1.54) is 0 Å². The number of rotatable bonds is 4. The molecule has 0 aliphatic rings. The van der Waals surface area contributed by atoms with Gasteiger partial charge in [-0.3, -0.25) is 0 Å². The van der Waals surface area contributed by atoms with E-state index < -0.39 is 5.97 Å². The van der Waals surface area contributed by atoms with Crippen molar-refractivity contribution in [3.63, 3.8) is 0 Å². The second-order valence-corrected chi connectivity index (χ2v) is 1.53. The molecule has 0 aliphatic heterocycles. The van der Waals surface area contributed by atoms with E-state index >= 15 is 0 Å². The minimum Gasteiger partial charge on any atom is -0.462 e. The van der Waals surface area contributed by atoms with Gasteiger partial charge in [0.25, 0.3) is 0 Å². The van der Waals surface area contributed by atoms with Crippen LogP contribution in [0.3, 0.4) is 0 Å². The van der Waals surface area contributed by atoms with E-state index in [0.29, 0.717) is 13.2 Å². The van der Waals surface area contributed by atoms with Crippen LogP contribution in [0.4, 0.5) is 0 Å². The van der Waals surface area contributed by atoms with Crippen molar-refractivity contribution < 1.29 is 14.4 Å². The van der Waals surface area contributed by atoms with Crippen LogP contribution in [0.5, 0.6) is 0 Å². The van der Waals surface area contributed by atoms with E-state index in [0.717, 1.165) is 6.08 Å². The summed E-state index contributed by atoms with van der Waals surface area (Å²) in [4.78, 5) is 15.1. The highest BCUT2D eigenvalue weighted by molar-refractivity contribution is 5.90. The topological polar surface area (TPSA) is 47.9 Å². The van der Waals surface area contributed by atoms with Gasteiger partial charge in [0.05, 0.1) is 12.7 Å². The molecule has 0 aliphatic carbocycles. The van der Waals surface area contributed by atoms with Crippen LogP contribution in [0, 0.1) is 0 Å². The van der Waals surface area contributed by atoms with Crippen molar-refractivity contribution in [1.82, 2.24) is 0 Å². The highest BCUT2D eigenvalue weighted by Crippen LogP contribution is 1.76. The first-order valence-corrected chi connectivity index (χ1v) is 3.38. The largest absolute Gasteiger partial charge is 0.462 e. The van der Waals surface area contributed by atoms with Crippen LogP contribution in [-0.2, 0) is 14.4 Å². The molecule has 0 spiro atoms. The zero-order valence-electron chi connectivity index (χ0n) is 7.07. The summed E-state index contributed by atoms with van der Waals surface area (Å²) in [5.74, 6) is 1.81. The lowest BCUT2D eigenvalue weighted by atomic mass is 10.6. The molecular formula is C7H12ClNO3. The third kappa shape index (κ3) is 9.01. The smallest absolute Gasteiger partial charge is 0.340 e. The van der Waals surface area contributed by atoms with Gasteiger partial charge in [-0.25, -0.2) is 4.79 Å². The van der Waals surface area contributed by atoms with Crippen LogP contribution in [0.2, 0.25) is 0 Å². The predicted octanol–water partition coefficient (Wildman–Crippen LogP) is 1.15. The van der Waals surface area contributed by atoms with Gasteiger partial charge in [0.15, 0.2) is 0 Å². The number of carbonyl (C=O) groups excluding carboxylic acids is 1. The number of esters is 1. The summed E-state index contributed by atoms with van der Waals surface area (Å²) in [6.07, 6.45) is 1.08. The van der Waals surface area contributed by atoms with Crippen LogP contribution >= 0.6 is 12.4 Å². The van der Waals surface area contributed by atoms with E-state index in [-0.39, 0.29) is 12.4 Å². The maximum atomic E-state index is 10.6. The lowest BCUT2D eigenvalue weighted by molar-refractivity contribution is -0.137. The quantitative estimate of drug-likeness (QED) is 0.291. The molecule has 0 N–H and O–H groups in total. The molecule has 4 nitrogen and oxygen atoms in total. The van der Waals surface area contributed by atoms with Gasteiger partial charge in [-0.05, 0) is 19.0 Å². The average Bonchev–Trinajstić information content (AvgIpc) is 1.99. The number of ether oxygens (including phenoxy) is 1. The minimum atomic E-state index is -0.462. The van der Waals surface area contributed by atoms with E-state index in [9.17, 15) is 4.79 Å². The first-order valence-electron chi connectivity index (χ1n) is 3.38. The Bertz CT molecular complexity index is 175. The lowest BCUT2D eigenvalue weighted by Crippen LogP contribution is -1.98. The van der Waals surface area contributed by atoms with Crippen LogP contribution in [0.1, 0.15) is 13.8 Å². The number of nitrogens with zero attached hydrogens (tertiary/aromatic N) is 1.